The summed E-state index contributed by atoms with van der Waals surface area (Å²) in [4.78, 5) is 14.7. The quantitative estimate of drug-likeness (QED) is 0.794. The van der Waals surface area contributed by atoms with Gasteiger partial charge in [0.15, 0.2) is 0 Å². The van der Waals surface area contributed by atoms with Crippen LogP contribution >= 0.6 is 0 Å². The topological polar surface area (TPSA) is 41.6 Å². The molecule has 0 atom stereocenters. The summed E-state index contributed by atoms with van der Waals surface area (Å²) in [7, 11) is 0. The van der Waals surface area contributed by atoms with Crippen molar-refractivity contribution in [3.8, 4) is 5.75 Å². The van der Waals surface area contributed by atoms with Gasteiger partial charge in [-0.25, -0.2) is 0 Å². The van der Waals surface area contributed by atoms with Gasteiger partial charge in [0.05, 0.1) is 18.0 Å². The van der Waals surface area contributed by atoms with Crippen LogP contribution in [0.3, 0.4) is 0 Å². The highest BCUT2D eigenvalue weighted by molar-refractivity contribution is 6.07. The van der Waals surface area contributed by atoms with Crippen molar-refractivity contribution in [3.05, 3.63) is 54.1 Å². The number of aryl methyl sites for hydroxylation is 1. The standard InChI is InChI=1S/C21H26N2O2/c1-16-10-4-7-13-19(16)25-15-9-8-14-23-18-12-6-5-11-17(18)22-21(2,3)20(23)24/h4-7,10-13,22H,8-9,14-15H2,1-3H3. The lowest BCUT2D eigenvalue weighted by Crippen LogP contribution is -2.54. The van der Waals surface area contributed by atoms with Gasteiger partial charge in [-0.15, -0.1) is 0 Å². The first-order valence-electron chi connectivity index (χ1n) is 8.87. The molecule has 0 bridgehead atoms. The number of ether oxygens (including phenoxy) is 1. The number of nitrogens with one attached hydrogen (secondary N) is 1. The van der Waals surface area contributed by atoms with Crippen LogP contribution in [0.5, 0.6) is 5.75 Å². The molecule has 1 heterocycles. The number of benzene rings is 2. The first-order chi connectivity index (χ1) is 12.0. The lowest BCUT2D eigenvalue weighted by atomic mass is 9.98. The van der Waals surface area contributed by atoms with Crippen molar-refractivity contribution in [2.45, 2.75) is 39.2 Å². The molecular formula is C21H26N2O2. The van der Waals surface area contributed by atoms with E-state index in [1.165, 1.54) is 0 Å². The number of para-hydroxylation sites is 3. The smallest absolute Gasteiger partial charge is 0.252 e. The maximum absolute atomic E-state index is 12.8. The van der Waals surface area contributed by atoms with Crippen molar-refractivity contribution >= 4 is 17.3 Å². The molecule has 0 aromatic heterocycles. The van der Waals surface area contributed by atoms with E-state index in [1.54, 1.807) is 0 Å². The molecule has 4 nitrogen and oxygen atoms in total. The van der Waals surface area contributed by atoms with Gasteiger partial charge in [-0.05, 0) is 57.4 Å². The minimum atomic E-state index is -0.577. The van der Waals surface area contributed by atoms with Gasteiger partial charge in [0.1, 0.15) is 11.3 Å². The van der Waals surface area contributed by atoms with Crippen LogP contribution in [0.1, 0.15) is 32.3 Å². The van der Waals surface area contributed by atoms with E-state index < -0.39 is 5.54 Å². The van der Waals surface area contributed by atoms with Crippen LogP contribution in [0, 0.1) is 6.92 Å². The fourth-order valence-electron chi connectivity index (χ4n) is 3.15. The van der Waals surface area contributed by atoms with E-state index in [4.69, 9.17) is 4.74 Å². The van der Waals surface area contributed by atoms with Crippen LogP contribution in [-0.4, -0.2) is 24.6 Å². The van der Waals surface area contributed by atoms with Crippen LogP contribution in [-0.2, 0) is 4.79 Å². The van der Waals surface area contributed by atoms with Gasteiger partial charge in [-0.3, -0.25) is 4.79 Å². The molecule has 4 heteroatoms. The van der Waals surface area contributed by atoms with E-state index >= 15 is 0 Å². The van der Waals surface area contributed by atoms with Gasteiger partial charge >= 0.3 is 0 Å². The molecule has 25 heavy (non-hydrogen) atoms. The van der Waals surface area contributed by atoms with Crippen molar-refractivity contribution < 1.29 is 9.53 Å². The van der Waals surface area contributed by atoms with Gasteiger partial charge in [0.25, 0.3) is 5.91 Å². The molecule has 0 saturated heterocycles. The highest BCUT2D eigenvalue weighted by atomic mass is 16.5. The number of hydrogen-bond acceptors (Lipinski definition) is 3. The SMILES string of the molecule is Cc1ccccc1OCCCCN1C(=O)C(C)(C)Nc2ccccc21. The average Bonchev–Trinajstić information content (AvgIpc) is 2.59. The number of nitrogens with zero attached hydrogens (tertiary/aromatic N) is 1. The molecule has 2 aromatic carbocycles. The van der Waals surface area contributed by atoms with E-state index in [9.17, 15) is 4.79 Å². The Hall–Kier alpha value is -2.49. The van der Waals surface area contributed by atoms with Crippen molar-refractivity contribution in [2.24, 2.45) is 0 Å². The molecule has 0 unspecified atom stereocenters. The van der Waals surface area contributed by atoms with Gasteiger partial charge in [-0.1, -0.05) is 30.3 Å². The molecule has 0 fully saturated rings. The maximum atomic E-state index is 12.8. The number of carbonyl (C=O) groups is 1. The second-order valence-electron chi connectivity index (χ2n) is 7.05. The summed E-state index contributed by atoms with van der Waals surface area (Å²) < 4.78 is 5.85. The van der Waals surface area contributed by atoms with Gasteiger partial charge < -0.3 is 15.0 Å². The molecule has 1 aliphatic heterocycles. The number of carbonyl (C=O) groups excluding carboxylic acids is 1. The van der Waals surface area contributed by atoms with Crippen molar-refractivity contribution in [1.29, 1.82) is 0 Å². The number of unbranched alkanes of at least 4 members (excludes halogenated alkanes) is 1. The maximum Gasteiger partial charge on any atom is 0.252 e. The van der Waals surface area contributed by atoms with Gasteiger partial charge in [0, 0.05) is 6.54 Å². The molecule has 3 rings (SSSR count). The monoisotopic (exact) mass is 338 g/mol. The molecule has 1 aliphatic rings. The van der Waals surface area contributed by atoms with Crippen LogP contribution in [0.4, 0.5) is 11.4 Å². The third kappa shape index (κ3) is 3.78. The summed E-state index contributed by atoms with van der Waals surface area (Å²) in [5, 5.41) is 3.33. The first kappa shape index (κ1) is 17.3. The van der Waals surface area contributed by atoms with Crippen molar-refractivity contribution in [2.75, 3.05) is 23.4 Å². The summed E-state index contributed by atoms with van der Waals surface area (Å²) in [6, 6.07) is 16.0. The molecule has 1 N–H and O–H groups in total. The zero-order chi connectivity index (χ0) is 17.9. The highest BCUT2D eigenvalue weighted by Crippen LogP contribution is 2.35. The number of rotatable bonds is 6. The summed E-state index contributed by atoms with van der Waals surface area (Å²) >= 11 is 0. The molecule has 0 saturated carbocycles. The molecule has 1 amide bonds. The van der Waals surface area contributed by atoms with Crippen molar-refractivity contribution in [3.63, 3.8) is 0 Å². The Kier molecular flexibility index (Phi) is 4.98. The minimum Gasteiger partial charge on any atom is -0.493 e. The number of anilines is 2. The van der Waals surface area contributed by atoms with Gasteiger partial charge in [-0.2, -0.15) is 0 Å². The van der Waals surface area contributed by atoms with Crippen LogP contribution in [0.25, 0.3) is 0 Å². The van der Waals surface area contributed by atoms with Crippen LogP contribution in [0.15, 0.2) is 48.5 Å². The average molecular weight is 338 g/mol. The fourth-order valence-corrected chi connectivity index (χ4v) is 3.15. The Bertz CT molecular complexity index is 755. The largest absolute Gasteiger partial charge is 0.493 e. The lowest BCUT2D eigenvalue weighted by Gasteiger charge is -2.40. The Balaban J connectivity index is 1.57. The fraction of sp³-hybridized carbons (Fsp3) is 0.381. The number of amides is 1. The van der Waals surface area contributed by atoms with E-state index in [0.717, 1.165) is 35.5 Å². The molecular weight excluding hydrogens is 312 g/mol. The Morgan fingerprint density at radius 2 is 1.76 bits per heavy atom. The second-order valence-corrected chi connectivity index (χ2v) is 7.05. The van der Waals surface area contributed by atoms with Crippen LogP contribution < -0.4 is 15.0 Å². The number of hydrogen-bond donors (Lipinski definition) is 1. The van der Waals surface area contributed by atoms with Gasteiger partial charge in [0.2, 0.25) is 0 Å². The molecule has 2 aromatic rings. The summed E-state index contributed by atoms with van der Waals surface area (Å²) in [5.41, 5.74) is 2.55. The first-order valence-corrected chi connectivity index (χ1v) is 8.87. The third-order valence-corrected chi connectivity index (χ3v) is 4.55. The normalized spacial score (nSPS) is 15.5. The molecule has 132 valence electrons. The highest BCUT2D eigenvalue weighted by Gasteiger charge is 2.37. The van der Waals surface area contributed by atoms with Crippen LogP contribution in [0.2, 0.25) is 0 Å². The summed E-state index contributed by atoms with van der Waals surface area (Å²) in [5.74, 6) is 1.05. The lowest BCUT2D eigenvalue weighted by molar-refractivity contribution is -0.122. The Morgan fingerprint density at radius 3 is 2.56 bits per heavy atom. The zero-order valence-corrected chi connectivity index (χ0v) is 15.2. The Labute approximate surface area is 149 Å². The van der Waals surface area contributed by atoms with E-state index in [0.29, 0.717) is 13.2 Å². The number of fused-ring (bicyclic) bond motifs is 1. The van der Waals surface area contributed by atoms with E-state index in [2.05, 4.69) is 5.32 Å². The summed E-state index contributed by atoms with van der Waals surface area (Å²) in [6.45, 7) is 7.28. The zero-order valence-electron chi connectivity index (χ0n) is 15.2. The molecule has 0 spiro atoms. The third-order valence-electron chi connectivity index (χ3n) is 4.55. The minimum absolute atomic E-state index is 0.117. The summed E-state index contributed by atoms with van der Waals surface area (Å²) in [6.07, 6.45) is 1.82. The van der Waals surface area contributed by atoms with E-state index in [-0.39, 0.29) is 5.91 Å². The Morgan fingerprint density at radius 1 is 1.04 bits per heavy atom. The predicted octanol–water partition coefficient (Wildman–Crippen LogP) is 4.39. The molecule has 0 aliphatic carbocycles. The molecule has 0 radical (unpaired) electrons. The van der Waals surface area contributed by atoms with E-state index in [1.807, 2.05) is 74.2 Å². The predicted molar refractivity (Wildman–Crippen MR) is 102 cm³/mol. The van der Waals surface area contributed by atoms with Crippen molar-refractivity contribution in [1.82, 2.24) is 0 Å². The second kappa shape index (κ2) is 7.18.